The number of piperidine rings is 1. The highest BCUT2D eigenvalue weighted by Crippen LogP contribution is 2.25. The number of rotatable bonds is 6. The van der Waals surface area contributed by atoms with Crippen LogP contribution in [0.4, 0.5) is 0 Å². The Morgan fingerprint density at radius 2 is 2.15 bits per heavy atom. The van der Waals surface area contributed by atoms with Crippen molar-refractivity contribution >= 4 is 21.8 Å². The van der Waals surface area contributed by atoms with E-state index >= 15 is 0 Å². The van der Waals surface area contributed by atoms with Crippen LogP contribution in [0.2, 0.25) is 0 Å². The lowest BCUT2D eigenvalue weighted by Gasteiger charge is -2.32. The van der Waals surface area contributed by atoms with Crippen LogP contribution in [-0.4, -0.2) is 40.6 Å². The zero-order valence-electron chi connectivity index (χ0n) is 15.5. The summed E-state index contributed by atoms with van der Waals surface area (Å²) in [5.41, 5.74) is 2.76. The van der Waals surface area contributed by atoms with E-state index in [2.05, 4.69) is 80.5 Å². The summed E-state index contributed by atoms with van der Waals surface area (Å²) in [7, 11) is 0. The molecule has 1 aliphatic heterocycles. The number of amides is 1. The van der Waals surface area contributed by atoms with Crippen molar-refractivity contribution in [1.29, 1.82) is 0 Å². The van der Waals surface area contributed by atoms with Crippen molar-refractivity contribution in [2.24, 2.45) is 5.92 Å². The average Bonchev–Trinajstić information content (AvgIpc) is 3.03. The highest BCUT2D eigenvalue weighted by Gasteiger charge is 2.23. The van der Waals surface area contributed by atoms with Gasteiger partial charge < -0.3 is 5.32 Å². The topological polar surface area (TPSA) is 61.0 Å². The summed E-state index contributed by atoms with van der Waals surface area (Å²) in [5, 5.41) is 10.2. The molecule has 1 fully saturated rings. The van der Waals surface area contributed by atoms with Crippen LogP contribution >= 0.6 is 15.9 Å². The summed E-state index contributed by atoms with van der Waals surface area (Å²) in [4.78, 5) is 15.0. The molecule has 3 rings (SSSR count). The van der Waals surface area contributed by atoms with Crippen molar-refractivity contribution in [3.8, 4) is 0 Å². The molecular formula is C20H27BrN4O. The van der Waals surface area contributed by atoms with Gasteiger partial charge in [-0.1, -0.05) is 44.2 Å². The molecule has 1 atom stereocenters. The zero-order valence-corrected chi connectivity index (χ0v) is 17.1. The monoisotopic (exact) mass is 418 g/mol. The van der Waals surface area contributed by atoms with E-state index < -0.39 is 0 Å². The highest BCUT2D eigenvalue weighted by atomic mass is 79.9. The molecule has 0 aliphatic carbocycles. The molecule has 0 radical (unpaired) electrons. The van der Waals surface area contributed by atoms with Gasteiger partial charge in [-0.2, -0.15) is 5.10 Å². The van der Waals surface area contributed by atoms with Gasteiger partial charge in [0, 0.05) is 19.6 Å². The summed E-state index contributed by atoms with van der Waals surface area (Å²) < 4.78 is 0.777. The van der Waals surface area contributed by atoms with Crippen molar-refractivity contribution < 1.29 is 4.79 Å². The van der Waals surface area contributed by atoms with Crippen LogP contribution in [-0.2, 0) is 6.54 Å². The van der Waals surface area contributed by atoms with Gasteiger partial charge in [-0.3, -0.25) is 14.8 Å². The number of aromatic nitrogens is 2. The largest absolute Gasteiger partial charge is 0.350 e. The SMILES string of the molecule is CC(C)c1[nH]nc(C(=O)NCC2CCCN(Cc3ccccc3)C2)c1Br. The number of H-pyrrole nitrogens is 1. The van der Waals surface area contributed by atoms with Crippen LogP contribution in [0.25, 0.3) is 0 Å². The maximum atomic E-state index is 12.5. The Balaban J connectivity index is 1.52. The maximum Gasteiger partial charge on any atom is 0.272 e. The minimum Gasteiger partial charge on any atom is -0.350 e. The summed E-state index contributed by atoms with van der Waals surface area (Å²) in [6.45, 7) is 7.97. The van der Waals surface area contributed by atoms with E-state index in [1.807, 2.05) is 0 Å². The van der Waals surface area contributed by atoms with Crippen LogP contribution < -0.4 is 5.32 Å². The second-order valence-corrected chi connectivity index (χ2v) is 8.19. The lowest BCUT2D eigenvalue weighted by molar-refractivity contribution is 0.0925. The van der Waals surface area contributed by atoms with E-state index in [0.717, 1.165) is 36.2 Å². The number of halogens is 1. The van der Waals surface area contributed by atoms with Crippen LogP contribution in [0.5, 0.6) is 0 Å². The molecule has 6 heteroatoms. The predicted molar refractivity (Wildman–Crippen MR) is 107 cm³/mol. The van der Waals surface area contributed by atoms with Gasteiger partial charge in [-0.25, -0.2) is 0 Å². The second kappa shape index (κ2) is 8.82. The van der Waals surface area contributed by atoms with Gasteiger partial charge >= 0.3 is 0 Å². The molecule has 2 heterocycles. The fraction of sp³-hybridized carbons (Fsp3) is 0.500. The quantitative estimate of drug-likeness (QED) is 0.746. The molecule has 2 N–H and O–H groups in total. The molecule has 26 heavy (non-hydrogen) atoms. The number of benzene rings is 1. The zero-order chi connectivity index (χ0) is 18.5. The molecule has 2 aromatic rings. The van der Waals surface area contributed by atoms with Gasteiger partial charge in [-0.15, -0.1) is 0 Å². The van der Waals surface area contributed by atoms with E-state index in [1.54, 1.807) is 0 Å². The Kier molecular flexibility index (Phi) is 6.48. The molecule has 0 saturated carbocycles. The Labute approximate surface area is 163 Å². The smallest absolute Gasteiger partial charge is 0.272 e. The van der Waals surface area contributed by atoms with Crippen LogP contribution in [0.1, 0.15) is 54.4 Å². The summed E-state index contributed by atoms with van der Waals surface area (Å²) >= 11 is 3.50. The molecule has 1 aliphatic rings. The van der Waals surface area contributed by atoms with E-state index in [9.17, 15) is 4.79 Å². The molecule has 0 spiro atoms. The van der Waals surface area contributed by atoms with Crippen LogP contribution in [0.15, 0.2) is 34.8 Å². The molecule has 1 amide bonds. The third-order valence-electron chi connectivity index (χ3n) is 4.93. The molecular weight excluding hydrogens is 392 g/mol. The molecule has 1 saturated heterocycles. The third kappa shape index (κ3) is 4.74. The molecule has 140 valence electrons. The summed E-state index contributed by atoms with van der Waals surface area (Å²) in [6, 6.07) is 10.6. The number of likely N-dealkylation sites (tertiary alicyclic amines) is 1. The lowest BCUT2D eigenvalue weighted by Crippen LogP contribution is -2.40. The van der Waals surface area contributed by atoms with Crippen LogP contribution in [0, 0.1) is 5.92 Å². The standard InChI is InChI=1S/C20H27BrN4O/c1-14(2)18-17(21)19(24-23-18)20(26)22-11-16-9-6-10-25(13-16)12-15-7-4-3-5-8-15/h3-5,7-8,14,16H,6,9-13H2,1-2H3,(H,22,26)(H,23,24). The first-order valence-corrected chi connectivity index (χ1v) is 10.1. The van der Waals surface area contributed by atoms with Crippen molar-refractivity contribution in [2.45, 2.75) is 39.2 Å². The number of carbonyl (C=O) groups excluding carboxylic acids is 1. The van der Waals surface area contributed by atoms with E-state index in [1.165, 1.54) is 12.0 Å². The average molecular weight is 419 g/mol. The molecule has 5 nitrogen and oxygen atoms in total. The molecule has 1 aromatic carbocycles. The van der Waals surface area contributed by atoms with Gasteiger partial charge in [0.1, 0.15) is 0 Å². The molecule has 1 unspecified atom stereocenters. The number of hydrogen-bond acceptors (Lipinski definition) is 3. The number of nitrogens with one attached hydrogen (secondary N) is 2. The Morgan fingerprint density at radius 3 is 2.85 bits per heavy atom. The van der Waals surface area contributed by atoms with Crippen molar-refractivity contribution in [1.82, 2.24) is 20.4 Å². The maximum absolute atomic E-state index is 12.5. The first-order valence-electron chi connectivity index (χ1n) is 9.32. The van der Waals surface area contributed by atoms with Gasteiger partial charge in [0.05, 0.1) is 10.2 Å². The molecule has 1 aromatic heterocycles. The highest BCUT2D eigenvalue weighted by molar-refractivity contribution is 9.10. The fourth-order valence-electron chi connectivity index (χ4n) is 3.50. The van der Waals surface area contributed by atoms with Gasteiger partial charge in [0.25, 0.3) is 5.91 Å². The van der Waals surface area contributed by atoms with Crippen molar-refractivity contribution in [3.05, 3.63) is 51.8 Å². The van der Waals surface area contributed by atoms with E-state index in [0.29, 0.717) is 24.1 Å². The number of nitrogens with zero attached hydrogens (tertiary/aromatic N) is 2. The summed E-state index contributed by atoms with van der Waals surface area (Å²) in [5.74, 6) is 0.669. The fourth-order valence-corrected chi connectivity index (χ4v) is 4.31. The van der Waals surface area contributed by atoms with E-state index in [4.69, 9.17) is 0 Å². The van der Waals surface area contributed by atoms with Crippen molar-refractivity contribution in [2.75, 3.05) is 19.6 Å². The Bertz CT molecular complexity index is 729. The lowest BCUT2D eigenvalue weighted by atomic mass is 9.97. The Hall–Kier alpha value is -1.66. The normalized spacial score (nSPS) is 18.2. The van der Waals surface area contributed by atoms with Gasteiger partial charge in [0.15, 0.2) is 5.69 Å². The number of hydrogen-bond donors (Lipinski definition) is 2. The molecule has 0 bridgehead atoms. The first-order chi connectivity index (χ1) is 12.5. The summed E-state index contributed by atoms with van der Waals surface area (Å²) in [6.07, 6.45) is 2.33. The predicted octanol–water partition coefficient (Wildman–Crippen LogP) is 3.94. The number of aromatic amines is 1. The Morgan fingerprint density at radius 1 is 1.38 bits per heavy atom. The van der Waals surface area contributed by atoms with Gasteiger partial charge in [-0.05, 0) is 52.7 Å². The van der Waals surface area contributed by atoms with Gasteiger partial charge in [0.2, 0.25) is 0 Å². The number of carbonyl (C=O) groups is 1. The second-order valence-electron chi connectivity index (χ2n) is 7.39. The van der Waals surface area contributed by atoms with Crippen molar-refractivity contribution in [3.63, 3.8) is 0 Å². The minimum absolute atomic E-state index is 0.111. The first kappa shape index (κ1) is 19.1. The van der Waals surface area contributed by atoms with E-state index in [-0.39, 0.29) is 5.91 Å². The third-order valence-corrected chi connectivity index (χ3v) is 5.73. The minimum atomic E-state index is -0.111. The van der Waals surface area contributed by atoms with Crippen LogP contribution in [0.3, 0.4) is 0 Å².